The Labute approximate surface area is 133 Å². The van der Waals surface area contributed by atoms with E-state index in [1.165, 1.54) is 0 Å². The van der Waals surface area contributed by atoms with E-state index in [0.29, 0.717) is 28.2 Å². The molecule has 1 N–H and O–H groups in total. The van der Waals surface area contributed by atoms with Crippen molar-refractivity contribution in [3.05, 3.63) is 57.0 Å². The van der Waals surface area contributed by atoms with Crippen LogP contribution in [0, 0.1) is 0 Å². The van der Waals surface area contributed by atoms with Crippen molar-refractivity contribution in [3.8, 4) is 5.75 Å². The van der Waals surface area contributed by atoms with Crippen molar-refractivity contribution < 1.29 is 4.74 Å². The van der Waals surface area contributed by atoms with Crippen molar-refractivity contribution in [1.29, 1.82) is 0 Å². The van der Waals surface area contributed by atoms with Crippen LogP contribution in [0.3, 0.4) is 0 Å². The molecular formula is C15H14Cl3NO. The Morgan fingerprint density at radius 2 is 1.75 bits per heavy atom. The van der Waals surface area contributed by atoms with Gasteiger partial charge in [0.25, 0.3) is 0 Å². The molecule has 0 aliphatic heterocycles. The van der Waals surface area contributed by atoms with Crippen LogP contribution in [0.2, 0.25) is 15.1 Å². The zero-order valence-electron chi connectivity index (χ0n) is 10.9. The molecule has 0 spiro atoms. The maximum Gasteiger partial charge on any atom is 0.119 e. The lowest BCUT2D eigenvalue weighted by molar-refractivity contribution is 0.340. The highest BCUT2D eigenvalue weighted by atomic mass is 35.5. The number of rotatable bonds is 5. The van der Waals surface area contributed by atoms with Crippen LogP contribution < -0.4 is 10.1 Å². The van der Waals surface area contributed by atoms with Gasteiger partial charge in [0.15, 0.2) is 0 Å². The van der Waals surface area contributed by atoms with E-state index in [0.717, 1.165) is 17.0 Å². The minimum atomic E-state index is 0.445. The Morgan fingerprint density at radius 3 is 2.50 bits per heavy atom. The highest BCUT2D eigenvalue weighted by Crippen LogP contribution is 2.32. The molecule has 0 amide bonds. The third-order valence-corrected chi connectivity index (χ3v) is 3.74. The minimum Gasteiger partial charge on any atom is -0.494 e. The highest BCUT2D eigenvalue weighted by molar-refractivity contribution is 6.44. The Bertz CT molecular complexity index is 602. The lowest BCUT2D eigenvalue weighted by Crippen LogP contribution is -2.01. The predicted molar refractivity (Wildman–Crippen MR) is 86.4 cm³/mol. The van der Waals surface area contributed by atoms with E-state index in [1.54, 1.807) is 12.1 Å². The standard InChI is InChI=1S/C15H14Cl3NO/c1-2-20-11-5-3-4-10(6-11)9-19-15-8-13(17)12(16)7-14(15)18/h3-8,19H,2,9H2,1H3. The van der Waals surface area contributed by atoms with Gasteiger partial charge in [-0.2, -0.15) is 0 Å². The van der Waals surface area contributed by atoms with E-state index in [2.05, 4.69) is 5.32 Å². The number of hydrogen-bond acceptors (Lipinski definition) is 2. The number of nitrogens with one attached hydrogen (secondary N) is 1. The normalized spacial score (nSPS) is 10.4. The molecule has 0 radical (unpaired) electrons. The van der Waals surface area contributed by atoms with Gasteiger partial charge in [-0.05, 0) is 36.8 Å². The van der Waals surface area contributed by atoms with E-state index < -0.39 is 0 Å². The molecule has 20 heavy (non-hydrogen) atoms. The number of ether oxygens (including phenoxy) is 1. The maximum absolute atomic E-state index is 6.12. The third-order valence-electron chi connectivity index (χ3n) is 2.70. The summed E-state index contributed by atoms with van der Waals surface area (Å²) in [4.78, 5) is 0. The first-order chi connectivity index (χ1) is 9.60. The second kappa shape index (κ2) is 7.07. The number of halogens is 3. The molecule has 0 saturated carbocycles. The summed E-state index contributed by atoms with van der Waals surface area (Å²) in [6.07, 6.45) is 0. The minimum absolute atomic E-state index is 0.445. The SMILES string of the molecule is CCOc1cccc(CNc2cc(Cl)c(Cl)cc2Cl)c1. The van der Waals surface area contributed by atoms with Gasteiger partial charge >= 0.3 is 0 Å². The summed E-state index contributed by atoms with van der Waals surface area (Å²) in [6, 6.07) is 11.2. The van der Waals surface area contributed by atoms with Gasteiger partial charge in [0, 0.05) is 6.54 Å². The molecule has 0 atom stereocenters. The average molecular weight is 331 g/mol. The molecule has 0 unspecified atom stereocenters. The molecular weight excluding hydrogens is 317 g/mol. The van der Waals surface area contributed by atoms with E-state index in [-0.39, 0.29) is 0 Å². The van der Waals surface area contributed by atoms with Gasteiger partial charge in [-0.25, -0.2) is 0 Å². The first kappa shape index (κ1) is 15.3. The quantitative estimate of drug-likeness (QED) is 0.714. The molecule has 106 valence electrons. The second-order valence-corrected chi connectivity index (χ2v) is 5.40. The maximum atomic E-state index is 6.12. The zero-order valence-corrected chi connectivity index (χ0v) is 13.2. The van der Waals surface area contributed by atoms with Crippen molar-refractivity contribution >= 4 is 40.5 Å². The third kappa shape index (κ3) is 3.95. The van der Waals surface area contributed by atoms with Crippen LogP contribution in [0.4, 0.5) is 5.69 Å². The summed E-state index contributed by atoms with van der Waals surface area (Å²) in [6.45, 7) is 3.23. The van der Waals surface area contributed by atoms with Gasteiger partial charge in [-0.15, -0.1) is 0 Å². The number of anilines is 1. The Hall–Kier alpha value is -1.09. The highest BCUT2D eigenvalue weighted by Gasteiger charge is 2.06. The van der Waals surface area contributed by atoms with E-state index in [9.17, 15) is 0 Å². The first-order valence-electron chi connectivity index (χ1n) is 6.20. The molecule has 0 heterocycles. The van der Waals surface area contributed by atoms with E-state index >= 15 is 0 Å². The molecule has 0 aliphatic rings. The predicted octanol–water partition coefficient (Wildman–Crippen LogP) is 5.66. The lowest BCUT2D eigenvalue weighted by Gasteiger charge is -2.11. The Balaban J connectivity index is 2.08. The average Bonchev–Trinajstić information content (AvgIpc) is 2.42. The summed E-state index contributed by atoms with van der Waals surface area (Å²) in [7, 11) is 0. The summed E-state index contributed by atoms with van der Waals surface area (Å²) >= 11 is 18.0. The summed E-state index contributed by atoms with van der Waals surface area (Å²) < 4.78 is 5.46. The molecule has 0 aromatic heterocycles. The van der Waals surface area contributed by atoms with Gasteiger partial charge in [-0.3, -0.25) is 0 Å². The number of benzene rings is 2. The van der Waals surface area contributed by atoms with Crippen LogP contribution in [0.15, 0.2) is 36.4 Å². The van der Waals surface area contributed by atoms with E-state index in [1.807, 2.05) is 31.2 Å². The fourth-order valence-corrected chi connectivity index (χ4v) is 2.38. The van der Waals surface area contributed by atoms with Crippen LogP contribution in [0.1, 0.15) is 12.5 Å². The lowest BCUT2D eigenvalue weighted by atomic mass is 10.2. The van der Waals surface area contributed by atoms with Crippen LogP contribution in [-0.4, -0.2) is 6.61 Å². The molecule has 5 heteroatoms. The molecule has 2 aromatic rings. The van der Waals surface area contributed by atoms with Crippen LogP contribution in [0.25, 0.3) is 0 Å². The molecule has 0 aliphatic carbocycles. The largest absolute Gasteiger partial charge is 0.494 e. The molecule has 0 saturated heterocycles. The van der Waals surface area contributed by atoms with Gasteiger partial charge in [0.2, 0.25) is 0 Å². The summed E-state index contributed by atoms with van der Waals surface area (Å²) in [5, 5.41) is 4.70. The van der Waals surface area contributed by atoms with Crippen molar-refractivity contribution in [3.63, 3.8) is 0 Å². The van der Waals surface area contributed by atoms with Gasteiger partial charge < -0.3 is 10.1 Å². The van der Waals surface area contributed by atoms with Crippen molar-refractivity contribution in [2.24, 2.45) is 0 Å². The second-order valence-electron chi connectivity index (χ2n) is 4.18. The van der Waals surface area contributed by atoms with E-state index in [4.69, 9.17) is 39.5 Å². The molecule has 2 nitrogen and oxygen atoms in total. The summed E-state index contributed by atoms with van der Waals surface area (Å²) in [5.41, 5.74) is 1.85. The van der Waals surface area contributed by atoms with Crippen LogP contribution in [0.5, 0.6) is 5.75 Å². The molecule has 2 rings (SSSR count). The molecule has 0 bridgehead atoms. The zero-order chi connectivity index (χ0) is 14.5. The Morgan fingerprint density at radius 1 is 1.00 bits per heavy atom. The van der Waals surface area contributed by atoms with Gasteiger partial charge in [-0.1, -0.05) is 46.9 Å². The van der Waals surface area contributed by atoms with Crippen LogP contribution >= 0.6 is 34.8 Å². The number of hydrogen-bond donors (Lipinski definition) is 1. The Kier molecular flexibility index (Phi) is 5.41. The van der Waals surface area contributed by atoms with Crippen molar-refractivity contribution in [2.75, 3.05) is 11.9 Å². The topological polar surface area (TPSA) is 21.3 Å². The monoisotopic (exact) mass is 329 g/mol. The fourth-order valence-electron chi connectivity index (χ4n) is 1.77. The molecule has 0 fully saturated rings. The van der Waals surface area contributed by atoms with Crippen molar-refractivity contribution in [2.45, 2.75) is 13.5 Å². The summed E-state index contributed by atoms with van der Waals surface area (Å²) in [5.74, 6) is 0.854. The van der Waals surface area contributed by atoms with Gasteiger partial charge in [0.1, 0.15) is 5.75 Å². The van der Waals surface area contributed by atoms with Crippen molar-refractivity contribution in [1.82, 2.24) is 0 Å². The molecule has 2 aromatic carbocycles. The first-order valence-corrected chi connectivity index (χ1v) is 7.33. The van der Waals surface area contributed by atoms with Crippen LogP contribution in [-0.2, 0) is 6.54 Å². The fraction of sp³-hybridized carbons (Fsp3) is 0.200. The van der Waals surface area contributed by atoms with Gasteiger partial charge in [0.05, 0.1) is 27.4 Å². The smallest absolute Gasteiger partial charge is 0.119 e.